The molecule has 34 heavy (non-hydrogen) atoms. The lowest BCUT2D eigenvalue weighted by Gasteiger charge is -2.19. The van der Waals surface area contributed by atoms with E-state index in [0.717, 1.165) is 29.6 Å². The molecule has 172 valence electrons. The van der Waals surface area contributed by atoms with Crippen molar-refractivity contribution in [2.75, 3.05) is 13.1 Å². The second-order valence-corrected chi connectivity index (χ2v) is 8.19. The number of benzene rings is 2. The molecule has 1 saturated heterocycles. The number of nitrogens with one attached hydrogen (secondary N) is 2. The monoisotopic (exact) mass is 455 g/mol. The largest absolute Gasteiger partial charge is 0.457 e. The Labute approximate surface area is 197 Å². The number of hydrogen-bond acceptors (Lipinski definition) is 5. The van der Waals surface area contributed by atoms with Gasteiger partial charge in [0.1, 0.15) is 17.3 Å². The molecule has 0 saturated carbocycles. The minimum absolute atomic E-state index is 0.122. The summed E-state index contributed by atoms with van der Waals surface area (Å²) in [5.41, 5.74) is 3.82. The molecule has 8 nitrogen and oxygen atoms in total. The fraction of sp³-hybridized carbons (Fsp3) is 0.231. The number of pyridine rings is 1. The van der Waals surface area contributed by atoms with Gasteiger partial charge in [0.15, 0.2) is 5.65 Å². The summed E-state index contributed by atoms with van der Waals surface area (Å²) in [6, 6.07) is 16.7. The van der Waals surface area contributed by atoms with E-state index in [2.05, 4.69) is 20.3 Å². The summed E-state index contributed by atoms with van der Waals surface area (Å²) in [5.74, 6) is 1.96. The minimum Gasteiger partial charge on any atom is -0.457 e. The van der Waals surface area contributed by atoms with Gasteiger partial charge in [-0.25, -0.2) is 9.97 Å². The maximum Gasteiger partial charge on any atom is 0.251 e. The molecule has 2 aromatic carbocycles. The number of imidazole rings is 1. The van der Waals surface area contributed by atoms with Crippen molar-refractivity contribution < 1.29 is 14.3 Å². The van der Waals surface area contributed by atoms with Crippen LogP contribution >= 0.6 is 0 Å². The lowest BCUT2D eigenvalue weighted by atomic mass is 10.1. The molecule has 8 heteroatoms. The van der Waals surface area contributed by atoms with E-state index in [1.54, 1.807) is 30.5 Å². The number of likely N-dealkylation sites (tertiary alicyclic amines) is 1. The molecule has 1 aliphatic rings. The van der Waals surface area contributed by atoms with Gasteiger partial charge in [0.25, 0.3) is 5.91 Å². The fourth-order valence-corrected chi connectivity index (χ4v) is 4.05. The van der Waals surface area contributed by atoms with Gasteiger partial charge in [-0.15, -0.1) is 0 Å². The Morgan fingerprint density at radius 1 is 1.18 bits per heavy atom. The van der Waals surface area contributed by atoms with Crippen LogP contribution in [0.3, 0.4) is 0 Å². The molecular weight excluding hydrogens is 430 g/mol. The summed E-state index contributed by atoms with van der Waals surface area (Å²) < 4.78 is 6.26. The molecule has 3 heterocycles. The number of fused-ring (bicyclic) bond motifs is 1. The maximum atomic E-state index is 12.2. The number of carbonyl (C=O) groups excluding carboxylic acids is 2. The van der Waals surface area contributed by atoms with Crippen LogP contribution in [-0.4, -0.2) is 44.8 Å². The van der Waals surface area contributed by atoms with E-state index in [1.165, 1.54) is 0 Å². The minimum atomic E-state index is -0.122. The Kier molecular flexibility index (Phi) is 5.95. The highest BCUT2D eigenvalue weighted by atomic mass is 16.5. The lowest BCUT2D eigenvalue weighted by Crippen LogP contribution is -2.24. The van der Waals surface area contributed by atoms with Crippen molar-refractivity contribution in [2.45, 2.75) is 26.3 Å². The average Bonchev–Trinajstić information content (AvgIpc) is 3.47. The van der Waals surface area contributed by atoms with Crippen LogP contribution in [0, 0.1) is 0 Å². The van der Waals surface area contributed by atoms with Crippen molar-refractivity contribution in [1.29, 1.82) is 0 Å². The molecule has 1 fully saturated rings. The van der Waals surface area contributed by atoms with Gasteiger partial charge in [-0.05, 0) is 55.8 Å². The van der Waals surface area contributed by atoms with Crippen molar-refractivity contribution in [1.82, 2.24) is 25.2 Å². The van der Waals surface area contributed by atoms with Gasteiger partial charge >= 0.3 is 0 Å². The molecule has 2 amide bonds. The van der Waals surface area contributed by atoms with E-state index in [0.29, 0.717) is 48.0 Å². The molecule has 0 bridgehead atoms. The maximum absolute atomic E-state index is 12.2. The summed E-state index contributed by atoms with van der Waals surface area (Å²) in [6.07, 6.45) is 3.17. The van der Waals surface area contributed by atoms with Gasteiger partial charge < -0.3 is 19.9 Å². The van der Waals surface area contributed by atoms with Gasteiger partial charge in [0.2, 0.25) is 5.91 Å². The third-order valence-corrected chi connectivity index (χ3v) is 5.81. The number of hydrogen-bond donors (Lipinski definition) is 2. The Morgan fingerprint density at radius 3 is 2.76 bits per heavy atom. The summed E-state index contributed by atoms with van der Waals surface area (Å²) in [4.78, 5) is 38.3. The number of ether oxygens (including phenoxy) is 1. The van der Waals surface area contributed by atoms with Crippen LogP contribution in [0.4, 0.5) is 0 Å². The molecule has 0 aliphatic carbocycles. The first-order valence-electron chi connectivity index (χ1n) is 11.4. The first-order valence-corrected chi connectivity index (χ1v) is 11.4. The zero-order chi connectivity index (χ0) is 23.5. The van der Waals surface area contributed by atoms with Crippen molar-refractivity contribution in [3.05, 3.63) is 71.9 Å². The van der Waals surface area contributed by atoms with Gasteiger partial charge in [-0.1, -0.05) is 12.1 Å². The van der Waals surface area contributed by atoms with Crippen LogP contribution in [0.25, 0.3) is 22.6 Å². The molecule has 0 unspecified atom stereocenters. The van der Waals surface area contributed by atoms with Gasteiger partial charge in [-0.2, -0.15) is 0 Å². The summed E-state index contributed by atoms with van der Waals surface area (Å²) in [7, 11) is 0. The van der Waals surface area contributed by atoms with Crippen molar-refractivity contribution in [3.63, 3.8) is 0 Å². The molecule has 2 N–H and O–H groups in total. The first-order chi connectivity index (χ1) is 16.6. The molecule has 2 aromatic heterocycles. The smallest absolute Gasteiger partial charge is 0.251 e. The van der Waals surface area contributed by atoms with Crippen LogP contribution in [0.15, 0.2) is 60.8 Å². The normalized spacial score (nSPS) is 13.4. The number of aromatic amines is 1. The highest BCUT2D eigenvalue weighted by Gasteiger charge is 2.22. The Hall–Kier alpha value is -4.20. The average molecular weight is 456 g/mol. The zero-order valence-corrected chi connectivity index (χ0v) is 18.9. The third-order valence-electron chi connectivity index (χ3n) is 5.81. The van der Waals surface area contributed by atoms with E-state index in [4.69, 9.17) is 4.74 Å². The van der Waals surface area contributed by atoms with Gasteiger partial charge in [0, 0.05) is 48.9 Å². The lowest BCUT2D eigenvalue weighted by molar-refractivity contribution is -0.128. The van der Waals surface area contributed by atoms with Gasteiger partial charge in [0.05, 0.1) is 5.52 Å². The Morgan fingerprint density at radius 2 is 2.03 bits per heavy atom. The van der Waals surface area contributed by atoms with Crippen LogP contribution < -0.4 is 10.1 Å². The van der Waals surface area contributed by atoms with Crippen LogP contribution in [0.1, 0.15) is 35.7 Å². The Balaban J connectivity index is 1.47. The highest BCUT2D eigenvalue weighted by molar-refractivity contribution is 5.94. The second-order valence-electron chi connectivity index (χ2n) is 8.19. The zero-order valence-electron chi connectivity index (χ0n) is 18.9. The number of rotatable bonds is 7. The molecule has 0 atom stereocenters. The van der Waals surface area contributed by atoms with E-state index in [-0.39, 0.29) is 11.8 Å². The van der Waals surface area contributed by atoms with E-state index < -0.39 is 0 Å². The second kappa shape index (κ2) is 9.35. The number of nitrogens with zero attached hydrogens (tertiary/aromatic N) is 3. The van der Waals surface area contributed by atoms with E-state index >= 15 is 0 Å². The van der Waals surface area contributed by atoms with Crippen LogP contribution in [0.2, 0.25) is 0 Å². The molecule has 0 radical (unpaired) electrons. The SMILES string of the molecule is CCNC(=O)c1ccc(Oc2cc(-c3nc4ncccc4[nH]3)ccc2CN2CCCC2=O)cc1. The predicted molar refractivity (Wildman–Crippen MR) is 128 cm³/mol. The van der Waals surface area contributed by atoms with Crippen molar-refractivity contribution in [3.8, 4) is 22.9 Å². The molecule has 0 spiro atoms. The number of carbonyl (C=O) groups is 2. The third kappa shape index (κ3) is 4.47. The number of aromatic nitrogens is 3. The van der Waals surface area contributed by atoms with Gasteiger partial charge in [-0.3, -0.25) is 9.59 Å². The summed E-state index contributed by atoms with van der Waals surface area (Å²) in [6.45, 7) is 3.68. The van der Waals surface area contributed by atoms with Crippen molar-refractivity contribution >= 4 is 23.0 Å². The van der Waals surface area contributed by atoms with Crippen LogP contribution in [-0.2, 0) is 11.3 Å². The quantitative estimate of drug-likeness (QED) is 0.433. The molecule has 1 aliphatic heterocycles. The molecular formula is C26H25N5O3. The summed E-state index contributed by atoms with van der Waals surface area (Å²) in [5, 5.41) is 2.79. The number of H-pyrrole nitrogens is 1. The van der Waals surface area contributed by atoms with Crippen molar-refractivity contribution in [2.24, 2.45) is 0 Å². The Bertz CT molecular complexity index is 1310. The molecule has 5 rings (SSSR count). The topological polar surface area (TPSA) is 100 Å². The number of amides is 2. The summed E-state index contributed by atoms with van der Waals surface area (Å²) >= 11 is 0. The first kappa shape index (κ1) is 21.6. The molecule has 4 aromatic rings. The fourth-order valence-electron chi connectivity index (χ4n) is 4.05. The highest BCUT2D eigenvalue weighted by Crippen LogP contribution is 2.32. The predicted octanol–water partition coefficient (Wildman–Crippen LogP) is 4.29. The van der Waals surface area contributed by atoms with Crippen LogP contribution in [0.5, 0.6) is 11.5 Å². The van der Waals surface area contributed by atoms with E-state index in [1.807, 2.05) is 42.2 Å². The van der Waals surface area contributed by atoms with E-state index in [9.17, 15) is 9.59 Å². The standard InChI is InChI=1S/C26H25N5O3/c1-2-27-26(33)17-9-11-20(12-10-17)34-22-15-18(24-29-21-5-3-13-28-25(21)30-24)7-8-19(22)16-31-14-4-6-23(31)32/h3,5,7-13,15H,2,4,6,14,16H2,1H3,(H,27,33)(H,28,29,30).